The van der Waals surface area contributed by atoms with Gasteiger partial charge in [0.05, 0.1) is 13.4 Å². The molecule has 0 aliphatic carbocycles. The molecule has 0 saturated heterocycles. The Hall–Kier alpha value is -3.08. The van der Waals surface area contributed by atoms with Gasteiger partial charge in [-0.15, -0.1) is 0 Å². The molecule has 146 valence electrons. The normalized spacial score (nSPS) is 11.8. The molecule has 0 aliphatic rings. The monoisotopic (exact) mass is 381 g/mol. The van der Waals surface area contributed by atoms with E-state index in [1.54, 1.807) is 37.3 Å². The molecule has 2 aromatic carbocycles. The smallest absolute Gasteiger partial charge is 0.219 e. The van der Waals surface area contributed by atoms with Gasteiger partial charge in [-0.3, -0.25) is 4.79 Å². The first-order chi connectivity index (χ1) is 13.6. The van der Waals surface area contributed by atoms with Crippen LogP contribution in [0, 0.1) is 5.82 Å². The van der Waals surface area contributed by atoms with Crippen molar-refractivity contribution in [1.82, 2.24) is 4.90 Å². The van der Waals surface area contributed by atoms with Crippen LogP contribution in [0.1, 0.15) is 36.1 Å². The van der Waals surface area contributed by atoms with Crippen LogP contribution in [0.4, 0.5) is 4.39 Å². The molecule has 3 aromatic rings. The summed E-state index contributed by atoms with van der Waals surface area (Å²) in [5.74, 6) is 1.27. The number of hydrogen-bond donors (Lipinski definition) is 0. The molecule has 5 heteroatoms. The molecule has 0 N–H and O–H groups in total. The fourth-order valence-corrected chi connectivity index (χ4v) is 3.34. The van der Waals surface area contributed by atoms with Crippen LogP contribution in [0.15, 0.2) is 71.3 Å². The summed E-state index contributed by atoms with van der Waals surface area (Å²) in [6, 6.07) is 17.9. The summed E-state index contributed by atoms with van der Waals surface area (Å²) < 4.78 is 24.4. The molecule has 0 bridgehead atoms. The number of amides is 1. The van der Waals surface area contributed by atoms with E-state index in [4.69, 9.17) is 9.15 Å². The van der Waals surface area contributed by atoms with Crippen molar-refractivity contribution in [3.63, 3.8) is 0 Å². The zero-order valence-corrected chi connectivity index (χ0v) is 16.1. The minimum absolute atomic E-state index is 0.0254. The van der Waals surface area contributed by atoms with Gasteiger partial charge in [0.25, 0.3) is 0 Å². The van der Waals surface area contributed by atoms with Crippen LogP contribution in [0.2, 0.25) is 0 Å². The van der Waals surface area contributed by atoms with Crippen molar-refractivity contribution in [1.29, 1.82) is 0 Å². The Morgan fingerprint density at radius 1 is 1.11 bits per heavy atom. The molecular weight excluding hydrogens is 357 g/mol. The van der Waals surface area contributed by atoms with Gasteiger partial charge in [0.2, 0.25) is 5.91 Å². The third kappa shape index (κ3) is 4.80. The highest BCUT2D eigenvalue weighted by molar-refractivity contribution is 5.73. The Morgan fingerprint density at radius 3 is 2.50 bits per heavy atom. The van der Waals surface area contributed by atoms with Gasteiger partial charge in [-0.05, 0) is 42.3 Å². The van der Waals surface area contributed by atoms with E-state index in [9.17, 15) is 9.18 Å². The fourth-order valence-electron chi connectivity index (χ4n) is 3.34. The fraction of sp³-hybridized carbons (Fsp3) is 0.261. The molecule has 1 amide bonds. The van der Waals surface area contributed by atoms with Crippen molar-refractivity contribution in [2.24, 2.45) is 0 Å². The van der Waals surface area contributed by atoms with E-state index in [0.29, 0.717) is 19.5 Å². The third-order valence-corrected chi connectivity index (χ3v) is 4.82. The number of benzene rings is 2. The van der Waals surface area contributed by atoms with Crippen molar-refractivity contribution in [2.75, 3.05) is 13.7 Å². The van der Waals surface area contributed by atoms with Crippen LogP contribution < -0.4 is 4.74 Å². The van der Waals surface area contributed by atoms with Crippen LogP contribution >= 0.6 is 0 Å². The number of nitrogens with zero attached hydrogens (tertiary/aromatic N) is 1. The van der Waals surface area contributed by atoms with Crippen molar-refractivity contribution >= 4 is 5.91 Å². The molecule has 0 aliphatic heterocycles. The van der Waals surface area contributed by atoms with Crippen molar-refractivity contribution in [3.8, 4) is 5.75 Å². The van der Waals surface area contributed by atoms with E-state index in [1.807, 2.05) is 36.4 Å². The summed E-state index contributed by atoms with van der Waals surface area (Å²) in [5.41, 5.74) is 1.91. The summed E-state index contributed by atoms with van der Waals surface area (Å²) in [6.07, 6.45) is 2.33. The average Bonchev–Trinajstić information content (AvgIpc) is 3.23. The van der Waals surface area contributed by atoms with Crippen molar-refractivity contribution in [3.05, 3.63) is 89.6 Å². The number of para-hydroxylation sites is 1. The number of hydrogen-bond acceptors (Lipinski definition) is 3. The van der Waals surface area contributed by atoms with Gasteiger partial charge in [-0.25, -0.2) is 4.39 Å². The molecule has 0 radical (unpaired) electrons. The van der Waals surface area contributed by atoms with E-state index in [2.05, 4.69) is 0 Å². The Morgan fingerprint density at radius 2 is 1.86 bits per heavy atom. The zero-order valence-electron chi connectivity index (χ0n) is 16.1. The molecule has 0 unspecified atom stereocenters. The molecule has 1 heterocycles. The van der Waals surface area contributed by atoms with Gasteiger partial charge < -0.3 is 14.1 Å². The minimum Gasteiger partial charge on any atom is -0.496 e. The number of furan rings is 1. The summed E-state index contributed by atoms with van der Waals surface area (Å²) in [6.45, 7) is 2.52. The first-order valence-electron chi connectivity index (χ1n) is 9.24. The second-order valence-electron chi connectivity index (χ2n) is 6.67. The first kappa shape index (κ1) is 19.7. The van der Waals surface area contributed by atoms with E-state index in [-0.39, 0.29) is 17.6 Å². The molecule has 0 fully saturated rings. The Bertz CT molecular complexity index is 890. The number of ether oxygens (including phenoxy) is 1. The number of rotatable bonds is 8. The average molecular weight is 381 g/mol. The van der Waals surface area contributed by atoms with Gasteiger partial charge in [-0.1, -0.05) is 30.3 Å². The second kappa shape index (κ2) is 9.22. The zero-order chi connectivity index (χ0) is 19.9. The molecule has 3 rings (SSSR count). The van der Waals surface area contributed by atoms with E-state index in [1.165, 1.54) is 12.1 Å². The maximum atomic E-state index is 13.1. The number of halogens is 1. The van der Waals surface area contributed by atoms with Crippen LogP contribution in [0.5, 0.6) is 5.75 Å². The van der Waals surface area contributed by atoms with Crippen molar-refractivity contribution < 1.29 is 18.3 Å². The lowest BCUT2D eigenvalue weighted by Crippen LogP contribution is -2.30. The van der Waals surface area contributed by atoms with E-state index in [0.717, 1.165) is 22.6 Å². The van der Waals surface area contributed by atoms with Gasteiger partial charge >= 0.3 is 0 Å². The molecule has 1 aromatic heterocycles. The van der Waals surface area contributed by atoms with Crippen molar-refractivity contribution in [2.45, 2.75) is 25.8 Å². The molecular formula is C23H24FNO3. The van der Waals surface area contributed by atoms with Gasteiger partial charge in [-0.2, -0.15) is 0 Å². The molecule has 0 saturated carbocycles. The molecule has 0 spiro atoms. The summed E-state index contributed by atoms with van der Waals surface area (Å²) in [5, 5.41) is 0. The highest BCUT2D eigenvalue weighted by atomic mass is 19.1. The number of carbonyl (C=O) groups excluding carboxylic acids is 1. The second-order valence-corrected chi connectivity index (χ2v) is 6.67. The molecule has 28 heavy (non-hydrogen) atoms. The topological polar surface area (TPSA) is 42.7 Å². The van der Waals surface area contributed by atoms with Crippen LogP contribution in [0.25, 0.3) is 0 Å². The third-order valence-electron chi connectivity index (χ3n) is 4.82. The predicted molar refractivity (Wildman–Crippen MR) is 106 cm³/mol. The lowest BCUT2D eigenvalue weighted by atomic mass is 9.92. The van der Waals surface area contributed by atoms with Gasteiger partial charge in [0.15, 0.2) is 0 Å². The standard InChI is InChI=1S/C23H24FNO3/c1-17(26)25(16-18-9-11-19(24)12-10-18)14-13-21(23-8-5-15-28-23)20-6-3-4-7-22(20)27-2/h3-12,15,21H,13-14,16H2,1-2H3/t21-/m1/s1. The Kier molecular flexibility index (Phi) is 6.48. The summed E-state index contributed by atoms with van der Waals surface area (Å²) in [4.78, 5) is 13.9. The highest BCUT2D eigenvalue weighted by Crippen LogP contribution is 2.34. The van der Waals surface area contributed by atoms with Crippen LogP contribution in [-0.2, 0) is 11.3 Å². The molecule has 1 atom stereocenters. The maximum absolute atomic E-state index is 13.1. The number of carbonyl (C=O) groups is 1. The van der Waals surface area contributed by atoms with E-state index < -0.39 is 0 Å². The Labute approximate surface area is 164 Å². The quantitative estimate of drug-likeness (QED) is 0.552. The van der Waals surface area contributed by atoms with E-state index >= 15 is 0 Å². The largest absolute Gasteiger partial charge is 0.496 e. The summed E-state index contributed by atoms with van der Waals surface area (Å²) in [7, 11) is 1.65. The van der Waals surface area contributed by atoms with Gasteiger partial charge in [0.1, 0.15) is 17.3 Å². The maximum Gasteiger partial charge on any atom is 0.219 e. The van der Waals surface area contributed by atoms with Gasteiger partial charge in [0, 0.05) is 31.5 Å². The van der Waals surface area contributed by atoms with Crippen LogP contribution in [-0.4, -0.2) is 24.5 Å². The number of methoxy groups -OCH3 is 1. The Balaban J connectivity index is 1.79. The summed E-state index contributed by atoms with van der Waals surface area (Å²) >= 11 is 0. The van der Waals surface area contributed by atoms with Crippen LogP contribution in [0.3, 0.4) is 0 Å². The minimum atomic E-state index is -0.285. The SMILES string of the molecule is COc1ccccc1[C@@H](CCN(Cc1ccc(F)cc1)C(C)=O)c1ccco1. The first-order valence-corrected chi connectivity index (χ1v) is 9.24. The lowest BCUT2D eigenvalue weighted by molar-refractivity contribution is -0.129. The predicted octanol–water partition coefficient (Wildman–Crippen LogP) is 5.00. The highest BCUT2D eigenvalue weighted by Gasteiger charge is 2.22. The lowest BCUT2D eigenvalue weighted by Gasteiger charge is -2.25. The molecule has 4 nitrogen and oxygen atoms in total.